The minimum Gasteiger partial charge on any atom is -0.486 e. The van der Waals surface area contributed by atoms with Crippen LogP contribution in [0.25, 0.3) is 21.8 Å². The molecule has 1 amide bonds. The van der Waals surface area contributed by atoms with Crippen molar-refractivity contribution < 1.29 is 38.3 Å². The van der Waals surface area contributed by atoms with Crippen molar-refractivity contribution in [3.8, 4) is 34.6 Å². The predicted molar refractivity (Wildman–Crippen MR) is 261 cm³/mol. The number of amides is 1. The fraction of sp³-hybridized carbons (Fsp3) is 0.431. The van der Waals surface area contributed by atoms with Gasteiger partial charge in [-0.2, -0.15) is 0 Å². The van der Waals surface area contributed by atoms with Gasteiger partial charge in [0, 0.05) is 67.5 Å². The summed E-state index contributed by atoms with van der Waals surface area (Å²) in [7, 11) is 1.60. The van der Waals surface area contributed by atoms with Crippen molar-refractivity contribution in [2.75, 3.05) is 84.7 Å². The number of carbonyl (C=O) groups is 1. The molecule has 0 bridgehead atoms. The minimum atomic E-state index is -0.620. The number of hydrogen-bond donors (Lipinski definition) is 4. The lowest BCUT2D eigenvalue weighted by atomic mass is 10.0. The standard InChI is InChI=1S/C26H29ClN4O4.C25H29N5O4/c27-20-15-30-21-1-2-22-26(35-12-11-32-22)25(21)19(20)5-8-31-6-3-17(4-7-31)28-14-18-13-23-24(16-29-18)34-10-9-33-23;1-33-23-8-5-16-3-2-4-19(24(16)29-23)20(31)14-30-11-9-17(10-12-30)26-13-18-6-7-21-25(27-18)28-22(32)15-34-21/h1-2,13,15-17,28H,3-12,14H2;2-8,17,20,26,31H,9-15H2,1H3,(H,27,28,32). The van der Waals surface area contributed by atoms with Gasteiger partial charge in [0.15, 0.2) is 41.2 Å². The van der Waals surface area contributed by atoms with Crippen LogP contribution in [0.2, 0.25) is 5.02 Å². The molecule has 9 heterocycles. The van der Waals surface area contributed by atoms with Crippen LogP contribution >= 0.6 is 11.6 Å². The maximum absolute atomic E-state index is 11.5. The van der Waals surface area contributed by atoms with Gasteiger partial charge in [-0.15, -0.1) is 0 Å². The number of piperidine rings is 2. The molecule has 5 aliphatic heterocycles. The summed E-state index contributed by atoms with van der Waals surface area (Å²) < 4.78 is 33.6. The lowest BCUT2D eigenvalue weighted by molar-refractivity contribution is -0.118. The molecule has 6 aromatic rings. The molecule has 18 heteroatoms. The van der Waals surface area contributed by atoms with Gasteiger partial charge in [0.1, 0.15) is 26.4 Å². The number of aliphatic hydroxyl groups is 1. The number of hydrogen-bond acceptors (Lipinski definition) is 16. The summed E-state index contributed by atoms with van der Waals surface area (Å²) in [6.45, 7) is 9.07. The highest BCUT2D eigenvalue weighted by Gasteiger charge is 2.26. The number of benzene rings is 2. The molecule has 0 aliphatic carbocycles. The molecule has 17 nitrogen and oxygen atoms in total. The highest BCUT2D eigenvalue weighted by molar-refractivity contribution is 6.32. The summed E-state index contributed by atoms with van der Waals surface area (Å²) in [5, 5.41) is 23.6. The fourth-order valence-electron chi connectivity index (χ4n) is 9.59. The molecule has 362 valence electrons. The number of rotatable bonds is 13. The molecule has 4 N–H and O–H groups in total. The Morgan fingerprint density at radius 1 is 0.783 bits per heavy atom. The van der Waals surface area contributed by atoms with Crippen LogP contribution in [0.5, 0.6) is 34.6 Å². The first-order valence-electron chi connectivity index (χ1n) is 23.9. The number of carbonyl (C=O) groups excluding carboxylic acids is 1. The molecule has 1 atom stereocenters. The number of anilines is 1. The Bertz CT molecular complexity index is 2770. The molecule has 0 saturated carbocycles. The van der Waals surface area contributed by atoms with Crippen molar-refractivity contribution in [3.05, 3.63) is 101 Å². The summed E-state index contributed by atoms with van der Waals surface area (Å²) >= 11 is 6.62. The average Bonchev–Trinajstić information content (AvgIpc) is 3.39. The van der Waals surface area contributed by atoms with E-state index >= 15 is 0 Å². The van der Waals surface area contributed by atoms with Crippen LogP contribution in [0, 0.1) is 0 Å². The summed E-state index contributed by atoms with van der Waals surface area (Å²) in [6.07, 6.45) is 7.90. The third kappa shape index (κ3) is 11.2. The molecule has 4 aromatic heterocycles. The largest absolute Gasteiger partial charge is 0.486 e. The first kappa shape index (κ1) is 46.6. The van der Waals surface area contributed by atoms with Gasteiger partial charge in [-0.05, 0) is 94.2 Å². The van der Waals surface area contributed by atoms with Gasteiger partial charge in [0.2, 0.25) is 5.88 Å². The molecule has 0 radical (unpaired) electrons. The molecule has 11 rings (SSSR count). The van der Waals surface area contributed by atoms with Crippen LogP contribution in [0.3, 0.4) is 0 Å². The van der Waals surface area contributed by atoms with E-state index in [1.165, 1.54) is 0 Å². The van der Waals surface area contributed by atoms with E-state index in [4.69, 9.17) is 40.0 Å². The number of pyridine rings is 4. The fourth-order valence-corrected chi connectivity index (χ4v) is 9.82. The average molecular weight is 961 g/mol. The number of fused-ring (bicyclic) bond motifs is 6. The third-order valence-corrected chi connectivity index (χ3v) is 13.7. The van der Waals surface area contributed by atoms with Crippen molar-refractivity contribution in [1.29, 1.82) is 0 Å². The Hall–Kier alpha value is -6.08. The summed E-state index contributed by atoms with van der Waals surface area (Å²) in [6, 6.07) is 20.2. The van der Waals surface area contributed by atoms with E-state index in [0.717, 1.165) is 139 Å². The smallest absolute Gasteiger partial charge is 0.263 e. The molecule has 5 aliphatic rings. The highest BCUT2D eigenvalue weighted by atomic mass is 35.5. The van der Waals surface area contributed by atoms with E-state index in [1.54, 1.807) is 19.5 Å². The molecule has 69 heavy (non-hydrogen) atoms. The van der Waals surface area contributed by atoms with Gasteiger partial charge >= 0.3 is 0 Å². The molecule has 1 unspecified atom stereocenters. The van der Waals surface area contributed by atoms with Crippen molar-refractivity contribution in [3.63, 3.8) is 0 Å². The molecular formula is C51H58ClN9O8. The maximum atomic E-state index is 11.5. The van der Waals surface area contributed by atoms with Gasteiger partial charge in [-0.3, -0.25) is 14.8 Å². The van der Waals surface area contributed by atoms with E-state index in [-0.39, 0.29) is 12.5 Å². The number of nitrogens with one attached hydrogen (secondary N) is 3. The van der Waals surface area contributed by atoms with Crippen LogP contribution in [0.15, 0.2) is 73.1 Å². The zero-order valence-corrected chi connectivity index (χ0v) is 39.5. The maximum Gasteiger partial charge on any atom is 0.263 e. The zero-order chi connectivity index (χ0) is 47.1. The summed E-state index contributed by atoms with van der Waals surface area (Å²) in [4.78, 5) is 34.4. The van der Waals surface area contributed by atoms with E-state index in [2.05, 4.69) is 45.7 Å². The summed E-state index contributed by atoms with van der Waals surface area (Å²) in [5.41, 5.74) is 5.43. The highest BCUT2D eigenvalue weighted by Crippen LogP contribution is 2.41. The van der Waals surface area contributed by atoms with E-state index in [9.17, 15) is 9.90 Å². The number of methoxy groups -OCH3 is 1. The number of halogens is 1. The van der Waals surface area contributed by atoms with Gasteiger partial charge < -0.3 is 59.3 Å². The second-order valence-corrected chi connectivity index (χ2v) is 18.3. The second kappa shape index (κ2) is 21.7. The lowest BCUT2D eigenvalue weighted by Crippen LogP contribution is -2.43. The Balaban J connectivity index is 0.000000160. The van der Waals surface area contributed by atoms with Gasteiger partial charge in [0.25, 0.3) is 5.91 Å². The molecule has 2 fully saturated rings. The minimum absolute atomic E-state index is 0.0325. The lowest BCUT2D eigenvalue weighted by Gasteiger charge is -2.33. The topological polar surface area (TPSA) is 187 Å². The molecule has 2 saturated heterocycles. The van der Waals surface area contributed by atoms with Crippen LogP contribution in [-0.4, -0.2) is 132 Å². The van der Waals surface area contributed by atoms with Crippen molar-refractivity contribution in [2.45, 2.75) is 63.4 Å². The SMILES string of the molecule is COc1ccc2cccc(C(O)CN3CCC(NCc4ccc5c(n4)NC(=O)CO5)CC3)c2n1.Clc1cnc2ccc3c(c2c1CCN1CCC(NCc2cc4c(cn2)OCCO4)CC1)OCCO3. The molecular weight excluding hydrogens is 902 g/mol. The Morgan fingerprint density at radius 3 is 2.30 bits per heavy atom. The number of para-hydroxylation sites is 1. The number of β-amino-alcohol motifs (C(OH)–C–C–N with tert-alkyl or cyclic N) is 1. The number of ether oxygens (including phenoxy) is 6. The number of aliphatic hydroxyl groups excluding tert-OH is 1. The number of nitrogens with zero attached hydrogens (tertiary/aromatic N) is 6. The molecule has 2 aromatic carbocycles. The van der Waals surface area contributed by atoms with Crippen LogP contribution in [0.4, 0.5) is 5.82 Å². The van der Waals surface area contributed by atoms with Crippen molar-refractivity contribution in [2.24, 2.45) is 0 Å². The first-order chi connectivity index (χ1) is 33.8. The van der Waals surface area contributed by atoms with Crippen LogP contribution < -0.4 is 44.4 Å². The number of likely N-dealkylation sites (tertiary alicyclic amines) is 2. The predicted octanol–water partition coefficient (Wildman–Crippen LogP) is 5.88. The van der Waals surface area contributed by atoms with Crippen molar-refractivity contribution in [1.82, 2.24) is 40.4 Å². The van der Waals surface area contributed by atoms with Crippen LogP contribution in [0.1, 0.15) is 54.3 Å². The summed E-state index contributed by atoms with van der Waals surface area (Å²) in [5.74, 6) is 4.52. The van der Waals surface area contributed by atoms with Crippen molar-refractivity contribution >= 4 is 45.1 Å². The first-order valence-corrected chi connectivity index (χ1v) is 24.3. The zero-order valence-electron chi connectivity index (χ0n) is 38.8. The normalized spacial score (nSPS) is 17.9. The second-order valence-electron chi connectivity index (χ2n) is 17.9. The quantitative estimate of drug-likeness (QED) is 0.107. The van der Waals surface area contributed by atoms with E-state index < -0.39 is 6.10 Å². The van der Waals surface area contributed by atoms with Crippen LogP contribution in [-0.2, 0) is 24.3 Å². The Labute approximate surface area is 405 Å². The Morgan fingerprint density at radius 2 is 1.51 bits per heavy atom. The monoisotopic (exact) mass is 959 g/mol. The van der Waals surface area contributed by atoms with E-state index in [1.807, 2.05) is 60.7 Å². The number of aromatic nitrogens is 4. The van der Waals surface area contributed by atoms with Gasteiger partial charge in [-0.25, -0.2) is 9.97 Å². The van der Waals surface area contributed by atoms with Gasteiger partial charge in [-0.1, -0.05) is 29.8 Å². The Kier molecular flexibility index (Phi) is 14.7. The molecule has 0 spiro atoms. The third-order valence-electron chi connectivity index (χ3n) is 13.3. The van der Waals surface area contributed by atoms with Gasteiger partial charge in [0.05, 0.1) is 52.2 Å². The van der Waals surface area contributed by atoms with E-state index in [0.29, 0.717) is 74.1 Å².